The van der Waals surface area contributed by atoms with Crippen molar-refractivity contribution in [3.8, 4) is 11.5 Å². The second kappa shape index (κ2) is 6.65. The van der Waals surface area contributed by atoms with Crippen LogP contribution in [0.2, 0.25) is 0 Å². The van der Waals surface area contributed by atoms with Gasteiger partial charge >= 0.3 is 11.9 Å². The summed E-state index contributed by atoms with van der Waals surface area (Å²) < 4.78 is 5.18. The molecule has 0 aromatic heterocycles. The molecule has 0 atom stereocenters. The molecule has 0 aliphatic carbocycles. The van der Waals surface area contributed by atoms with Gasteiger partial charge in [0, 0.05) is 0 Å². The monoisotopic (exact) mass is 314 g/mol. The van der Waals surface area contributed by atoms with E-state index in [1.54, 1.807) is 12.1 Å². The minimum absolute atomic E-state index is 0.245. The maximum Gasteiger partial charge on any atom is 0.371 e. The molecule has 0 aliphatic rings. The van der Waals surface area contributed by atoms with Gasteiger partial charge in [0.1, 0.15) is 5.56 Å². The number of hydrogen-bond donors (Lipinski definition) is 3. The number of carboxylic acid groups (broad SMARTS) is 2. The Morgan fingerprint density at radius 1 is 1.04 bits per heavy atom. The highest BCUT2D eigenvalue weighted by Crippen LogP contribution is 2.31. The molecule has 6 nitrogen and oxygen atoms in total. The minimum Gasteiger partial charge on any atom is -0.504 e. The normalized spacial score (nSPS) is 11.1. The van der Waals surface area contributed by atoms with Crippen LogP contribution in [0.3, 0.4) is 0 Å². The number of rotatable bonds is 5. The molecule has 0 bridgehead atoms. The zero-order valence-electron chi connectivity index (χ0n) is 12.2. The number of aryl methyl sites for hydroxylation is 1. The first-order valence-corrected chi connectivity index (χ1v) is 6.63. The van der Waals surface area contributed by atoms with Crippen molar-refractivity contribution in [2.24, 2.45) is 0 Å². The maximum absolute atomic E-state index is 11.3. The molecule has 0 spiro atoms. The maximum atomic E-state index is 11.3. The standard InChI is InChI=1S/C17H14O6/c1-10-5-7-11(8-6-10)9-14(17(21)22)23-13-4-2-3-12(15(13)18)16(19)20/h2-9,18H,1H3,(H,19,20)(H,21,22)/b14-9+. The Balaban J connectivity index is 2.37. The number of aromatic hydroxyl groups is 1. The number of ether oxygens (including phenoxy) is 1. The molecule has 0 fully saturated rings. The van der Waals surface area contributed by atoms with Crippen LogP contribution < -0.4 is 4.74 Å². The van der Waals surface area contributed by atoms with E-state index in [1.807, 2.05) is 19.1 Å². The van der Waals surface area contributed by atoms with Crippen molar-refractivity contribution in [1.29, 1.82) is 0 Å². The van der Waals surface area contributed by atoms with Crippen LogP contribution in [0.1, 0.15) is 21.5 Å². The van der Waals surface area contributed by atoms with Gasteiger partial charge in [-0.25, -0.2) is 9.59 Å². The molecular weight excluding hydrogens is 300 g/mol. The van der Waals surface area contributed by atoms with E-state index >= 15 is 0 Å². The smallest absolute Gasteiger partial charge is 0.371 e. The van der Waals surface area contributed by atoms with E-state index in [4.69, 9.17) is 9.84 Å². The van der Waals surface area contributed by atoms with Gasteiger partial charge in [-0.1, -0.05) is 35.9 Å². The number of benzene rings is 2. The third kappa shape index (κ3) is 3.88. The molecule has 2 aromatic rings. The first-order valence-electron chi connectivity index (χ1n) is 6.63. The number of phenols is 1. The average Bonchev–Trinajstić information content (AvgIpc) is 2.50. The molecule has 2 rings (SSSR count). The van der Waals surface area contributed by atoms with E-state index < -0.39 is 23.4 Å². The summed E-state index contributed by atoms with van der Waals surface area (Å²) in [5, 5.41) is 28.0. The molecule has 0 unspecified atom stereocenters. The summed E-state index contributed by atoms with van der Waals surface area (Å²) in [5.41, 5.74) is 1.25. The summed E-state index contributed by atoms with van der Waals surface area (Å²) >= 11 is 0. The van der Waals surface area contributed by atoms with Crippen molar-refractivity contribution >= 4 is 18.0 Å². The molecule has 0 heterocycles. The molecular formula is C17H14O6. The lowest BCUT2D eigenvalue weighted by molar-refractivity contribution is -0.134. The van der Waals surface area contributed by atoms with E-state index in [2.05, 4.69) is 0 Å². The lowest BCUT2D eigenvalue weighted by atomic mass is 10.1. The fourth-order valence-electron chi connectivity index (χ4n) is 1.84. The molecule has 23 heavy (non-hydrogen) atoms. The van der Waals surface area contributed by atoms with Gasteiger partial charge in [0.25, 0.3) is 0 Å². The highest BCUT2D eigenvalue weighted by molar-refractivity contribution is 5.93. The zero-order valence-corrected chi connectivity index (χ0v) is 12.2. The zero-order chi connectivity index (χ0) is 17.0. The highest BCUT2D eigenvalue weighted by atomic mass is 16.5. The Bertz CT molecular complexity index is 774. The van der Waals surface area contributed by atoms with Crippen LogP contribution in [0.5, 0.6) is 11.5 Å². The molecule has 0 aliphatic heterocycles. The van der Waals surface area contributed by atoms with Gasteiger partial charge < -0.3 is 20.1 Å². The third-order valence-corrected chi connectivity index (χ3v) is 3.04. The Hall–Kier alpha value is -3.28. The largest absolute Gasteiger partial charge is 0.504 e. The molecule has 0 radical (unpaired) electrons. The molecule has 3 N–H and O–H groups in total. The molecule has 0 saturated carbocycles. The molecule has 2 aromatic carbocycles. The van der Waals surface area contributed by atoms with Crippen molar-refractivity contribution in [2.75, 3.05) is 0 Å². The molecule has 0 saturated heterocycles. The van der Waals surface area contributed by atoms with Crippen LogP contribution in [-0.4, -0.2) is 27.3 Å². The Morgan fingerprint density at radius 2 is 1.70 bits per heavy atom. The molecule has 6 heteroatoms. The minimum atomic E-state index is -1.34. The summed E-state index contributed by atoms with van der Waals surface area (Å²) in [5.74, 6) is -3.99. The molecule has 0 amide bonds. The van der Waals surface area contributed by atoms with Crippen LogP contribution in [0.25, 0.3) is 6.08 Å². The fraction of sp³-hybridized carbons (Fsp3) is 0.0588. The number of para-hydroxylation sites is 1. The SMILES string of the molecule is Cc1ccc(/C=C(/Oc2cccc(C(=O)O)c2O)C(=O)O)cc1. The van der Waals surface area contributed by atoms with Crippen molar-refractivity contribution in [1.82, 2.24) is 0 Å². The van der Waals surface area contributed by atoms with E-state index in [0.717, 1.165) is 5.56 Å². The van der Waals surface area contributed by atoms with Gasteiger partial charge in [0.2, 0.25) is 5.76 Å². The van der Waals surface area contributed by atoms with Crippen LogP contribution in [0, 0.1) is 6.92 Å². The fourth-order valence-corrected chi connectivity index (χ4v) is 1.84. The predicted molar refractivity (Wildman–Crippen MR) is 82.5 cm³/mol. The lowest BCUT2D eigenvalue weighted by Gasteiger charge is -2.09. The number of aliphatic carboxylic acids is 1. The van der Waals surface area contributed by atoms with E-state index in [9.17, 15) is 19.8 Å². The van der Waals surface area contributed by atoms with Crippen LogP contribution in [-0.2, 0) is 4.79 Å². The van der Waals surface area contributed by atoms with Gasteiger partial charge in [0.05, 0.1) is 0 Å². The third-order valence-electron chi connectivity index (χ3n) is 3.04. The highest BCUT2D eigenvalue weighted by Gasteiger charge is 2.18. The van der Waals surface area contributed by atoms with E-state index in [1.165, 1.54) is 24.3 Å². The number of carbonyl (C=O) groups is 2. The second-order valence-electron chi connectivity index (χ2n) is 4.78. The van der Waals surface area contributed by atoms with Crippen LogP contribution in [0.4, 0.5) is 0 Å². The Labute approximate surface area is 131 Å². The van der Waals surface area contributed by atoms with Crippen LogP contribution in [0.15, 0.2) is 48.2 Å². The quantitative estimate of drug-likeness (QED) is 0.579. The lowest BCUT2D eigenvalue weighted by Crippen LogP contribution is -2.08. The number of aromatic carboxylic acids is 1. The van der Waals surface area contributed by atoms with Crippen molar-refractivity contribution in [2.45, 2.75) is 6.92 Å². The number of hydrogen-bond acceptors (Lipinski definition) is 4. The van der Waals surface area contributed by atoms with Crippen molar-refractivity contribution in [3.63, 3.8) is 0 Å². The van der Waals surface area contributed by atoms with Gasteiger partial charge in [-0.15, -0.1) is 0 Å². The van der Waals surface area contributed by atoms with Gasteiger partial charge in [0.15, 0.2) is 11.5 Å². The van der Waals surface area contributed by atoms with Crippen LogP contribution >= 0.6 is 0 Å². The summed E-state index contributed by atoms with van der Waals surface area (Å²) in [6.07, 6.45) is 1.29. The molecule has 118 valence electrons. The van der Waals surface area contributed by atoms with E-state index in [0.29, 0.717) is 5.56 Å². The van der Waals surface area contributed by atoms with E-state index in [-0.39, 0.29) is 11.3 Å². The van der Waals surface area contributed by atoms with Gasteiger partial charge in [-0.3, -0.25) is 0 Å². The van der Waals surface area contributed by atoms with Crippen molar-refractivity contribution < 1.29 is 29.6 Å². The Morgan fingerprint density at radius 3 is 2.26 bits per heavy atom. The average molecular weight is 314 g/mol. The Kier molecular flexibility index (Phi) is 4.66. The van der Waals surface area contributed by atoms with Gasteiger partial charge in [-0.05, 0) is 30.7 Å². The predicted octanol–water partition coefficient (Wildman–Crippen LogP) is 2.90. The first kappa shape index (κ1) is 16.1. The summed E-state index contributed by atoms with van der Waals surface area (Å²) in [7, 11) is 0. The second-order valence-corrected chi connectivity index (χ2v) is 4.78. The van der Waals surface area contributed by atoms with Gasteiger partial charge in [-0.2, -0.15) is 0 Å². The topological polar surface area (TPSA) is 104 Å². The summed E-state index contributed by atoms with van der Waals surface area (Å²) in [4.78, 5) is 22.3. The number of carboxylic acids is 2. The summed E-state index contributed by atoms with van der Waals surface area (Å²) in [6, 6.07) is 10.9. The van der Waals surface area contributed by atoms with Crippen molar-refractivity contribution in [3.05, 3.63) is 64.9 Å². The first-order chi connectivity index (χ1) is 10.9. The summed E-state index contributed by atoms with van der Waals surface area (Å²) in [6.45, 7) is 1.90.